The molecule has 6 nitrogen and oxygen atoms in total. The summed E-state index contributed by atoms with van der Waals surface area (Å²) in [6.45, 7) is 3.25. The molecular weight excluding hydrogens is 366 g/mol. The number of rotatable bonds is 4. The summed E-state index contributed by atoms with van der Waals surface area (Å²) in [7, 11) is 0. The van der Waals surface area contributed by atoms with Crippen LogP contribution in [-0.2, 0) is 13.0 Å². The number of anilines is 2. The molecule has 1 N–H and O–H groups in total. The first-order chi connectivity index (χ1) is 14.0. The molecule has 0 fully saturated rings. The zero-order chi connectivity index (χ0) is 20.4. The van der Waals surface area contributed by atoms with Gasteiger partial charge in [-0.1, -0.05) is 36.4 Å². The lowest BCUT2D eigenvalue weighted by Crippen LogP contribution is -2.30. The highest BCUT2D eigenvalue weighted by Gasteiger charge is 2.25. The van der Waals surface area contributed by atoms with Crippen molar-refractivity contribution in [1.29, 1.82) is 0 Å². The molecule has 0 bridgehead atoms. The van der Waals surface area contributed by atoms with Gasteiger partial charge in [-0.3, -0.25) is 14.9 Å². The third-order valence-corrected chi connectivity index (χ3v) is 5.18. The quantitative estimate of drug-likeness (QED) is 0.519. The van der Waals surface area contributed by atoms with Crippen molar-refractivity contribution >= 4 is 23.0 Å². The molecule has 146 valence electrons. The molecule has 1 aliphatic heterocycles. The molecule has 1 heterocycles. The summed E-state index contributed by atoms with van der Waals surface area (Å²) >= 11 is 0. The van der Waals surface area contributed by atoms with Crippen molar-refractivity contribution in [3.05, 3.63) is 99.1 Å². The van der Waals surface area contributed by atoms with Gasteiger partial charge < -0.3 is 10.2 Å². The first-order valence-corrected chi connectivity index (χ1v) is 9.49. The van der Waals surface area contributed by atoms with Gasteiger partial charge in [-0.25, -0.2) is 0 Å². The zero-order valence-corrected chi connectivity index (χ0v) is 16.1. The van der Waals surface area contributed by atoms with Crippen LogP contribution in [0.15, 0.2) is 66.7 Å². The number of carbonyl (C=O) groups is 1. The Hall–Kier alpha value is -3.67. The zero-order valence-electron chi connectivity index (χ0n) is 16.1. The topological polar surface area (TPSA) is 75.5 Å². The Morgan fingerprint density at radius 1 is 1.03 bits per heavy atom. The summed E-state index contributed by atoms with van der Waals surface area (Å²) in [5.41, 5.74) is 4.89. The molecule has 3 aromatic carbocycles. The van der Waals surface area contributed by atoms with E-state index in [1.54, 1.807) is 18.2 Å². The van der Waals surface area contributed by atoms with E-state index in [2.05, 4.69) is 17.4 Å². The fourth-order valence-electron chi connectivity index (χ4n) is 3.71. The molecule has 6 heteroatoms. The maximum atomic E-state index is 12.6. The lowest BCUT2D eigenvalue weighted by Gasteiger charge is -2.30. The van der Waals surface area contributed by atoms with Gasteiger partial charge in [0.1, 0.15) is 5.69 Å². The van der Waals surface area contributed by atoms with E-state index in [1.807, 2.05) is 42.2 Å². The van der Waals surface area contributed by atoms with Gasteiger partial charge in [-0.15, -0.1) is 0 Å². The molecule has 0 unspecified atom stereocenters. The molecule has 3 aromatic rings. The van der Waals surface area contributed by atoms with E-state index in [0.717, 1.165) is 12.0 Å². The average Bonchev–Trinajstić information content (AvgIpc) is 2.73. The van der Waals surface area contributed by atoms with Crippen LogP contribution in [0.2, 0.25) is 0 Å². The molecule has 0 aromatic heterocycles. The van der Waals surface area contributed by atoms with Crippen molar-refractivity contribution in [2.75, 3.05) is 16.8 Å². The maximum absolute atomic E-state index is 12.6. The van der Waals surface area contributed by atoms with Crippen LogP contribution in [0.25, 0.3) is 0 Å². The molecule has 0 saturated heterocycles. The van der Waals surface area contributed by atoms with Crippen LogP contribution >= 0.6 is 0 Å². The van der Waals surface area contributed by atoms with Crippen molar-refractivity contribution in [2.24, 2.45) is 0 Å². The number of amides is 1. The van der Waals surface area contributed by atoms with E-state index < -0.39 is 4.92 Å². The number of carbonyl (C=O) groups excluding carboxylic acids is 1. The Bertz CT molecular complexity index is 1090. The number of nitrogens with zero attached hydrogens (tertiary/aromatic N) is 2. The summed E-state index contributed by atoms with van der Waals surface area (Å²) in [6.07, 6.45) is 0.836. The van der Waals surface area contributed by atoms with E-state index >= 15 is 0 Å². The molecule has 0 spiro atoms. The Morgan fingerprint density at radius 3 is 2.59 bits per heavy atom. The van der Waals surface area contributed by atoms with Gasteiger partial charge in [0.25, 0.3) is 11.6 Å². The average molecular weight is 387 g/mol. The van der Waals surface area contributed by atoms with Gasteiger partial charge >= 0.3 is 0 Å². The van der Waals surface area contributed by atoms with Crippen LogP contribution < -0.4 is 10.2 Å². The first kappa shape index (κ1) is 18.7. The molecule has 0 saturated carbocycles. The second-order valence-corrected chi connectivity index (χ2v) is 7.22. The van der Waals surface area contributed by atoms with Crippen molar-refractivity contribution in [1.82, 2.24) is 0 Å². The highest BCUT2D eigenvalue weighted by atomic mass is 16.6. The van der Waals surface area contributed by atoms with E-state index in [-0.39, 0.29) is 17.2 Å². The van der Waals surface area contributed by atoms with E-state index in [4.69, 9.17) is 0 Å². The summed E-state index contributed by atoms with van der Waals surface area (Å²) in [5.74, 6) is -0.366. The number of hydrogen-bond acceptors (Lipinski definition) is 4. The molecule has 1 amide bonds. The third kappa shape index (κ3) is 3.96. The molecule has 29 heavy (non-hydrogen) atoms. The summed E-state index contributed by atoms with van der Waals surface area (Å²) in [5, 5.41) is 14.5. The fourth-order valence-corrected chi connectivity index (χ4v) is 3.71. The summed E-state index contributed by atoms with van der Waals surface area (Å²) in [6, 6.07) is 20.3. The van der Waals surface area contributed by atoms with Crippen molar-refractivity contribution in [3.8, 4) is 0 Å². The standard InChI is InChI=1S/C23H21N3O3/c1-16-5-4-8-20(13-16)24-23(27)18-9-10-21(22(14-18)26(28)29)25-12-11-17-6-2-3-7-19(17)15-25/h2-10,13-14H,11-12,15H2,1H3,(H,24,27). The number of nitro benzene ring substituents is 1. The molecule has 1 aliphatic rings. The molecule has 0 aliphatic carbocycles. The Kier molecular flexibility index (Phi) is 4.99. The monoisotopic (exact) mass is 387 g/mol. The van der Waals surface area contributed by atoms with Crippen molar-refractivity contribution in [2.45, 2.75) is 19.9 Å². The fraction of sp³-hybridized carbons (Fsp3) is 0.174. The van der Waals surface area contributed by atoms with Crippen LogP contribution in [-0.4, -0.2) is 17.4 Å². The van der Waals surface area contributed by atoms with Crippen molar-refractivity contribution in [3.63, 3.8) is 0 Å². The van der Waals surface area contributed by atoms with Crippen LogP contribution in [0.5, 0.6) is 0 Å². The van der Waals surface area contributed by atoms with Crippen LogP contribution in [0.3, 0.4) is 0 Å². The highest BCUT2D eigenvalue weighted by Crippen LogP contribution is 2.33. The van der Waals surface area contributed by atoms with Gasteiger partial charge in [0.2, 0.25) is 0 Å². The largest absolute Gasteiger partial charge is 0.361 e. The first-order valence-electron chi connectivity index (χ1n) is 9.49. The second kappa shape index (κ2) is 7.75. The van der Waals surface area contributed by atoms with Crippen LogP contribution in [0, 0.1) is 17.0 Å². The van der Waals surface area contributed by atoms with E-state index in [0.29, 0.717) is 24.5 Å². The summed E-state index contributed by atoms with van der Waals surface area (Å²) in [4.78, 5) is 25.9. The summed E-state index contributed by atoms with van der Waals surface area (Å²) < 4.78 is 0. The van der Waals surface area contributed by atoms with E-state index in [9.17, 15) is 14.9 Å². The maximum Gasteiger partial charge on any atom is 0.293 e. The predicted molar refractivity (Wildman–Crippen MR) is 113 cm³/mol. The number of benzene rings is 3. The van der Waals surface area contributed by atoms with Gasteiger partial charge in [-0.2, -0.15) is 0 Å². The Morgan fingerprint density at radius 2 is 1.83 bits per heavy atom. The predicted octanol–water partition coefficient (Wildman–Crippen LogP) is 4.72. The number of hydrogen-bond donors (Lipinski definition) is 1. The smallest absolute Gasteiger partial charge is 0.293 e. The van der Waals surface area contributed by atoms with Crippen LogP contribution in [0.4, 0.5) is 17.1 Å². The highest BCUT2D eigenvalue weighted by molar-refractivity contribution is 6.05. The minimum Gasteiger partial charge on any atom is -0.361 e. The van der Waals surface area contributed by atoms with Gasteiger partial charge in [0.05, 0.1) is 4.92 Å². The number of aryl methyl sites for hydroxylation is 1. The van der Waals surface area contributed by atoms with Gasteiger partial charge in [0.15, 0.2) is 0 Å². The molecule has 0 radical (unpaired) electrons. The lowest BCUT2D eigenvalue weighted by molar-refractivity contribution is -0.384. The van der Waals surface area contributed by atoms with E-state index in [1.165, 1.54) is 17.2 Å². The second-order valence-electron chi connectivity index (χ2n) is 7.22. The van der Waals surface area contributed by atoms with Gasteiger partial charge in [-0.05, 0) is 54.3 Å². The van der Waals surface area contributed by atoms with Crippen molar-refractivity contribution < 1.29 is 9.72 Å². The Labute approximate surface area is 168 Å². The minimum absolute atomic E-state index is 0.0544. The van der Waals surface area contributed by atoms with Crippen LogP contribution in [0.1, 0.15) is 27.0 Å². The molecule has 4 rings (SSSR count). The third-order valence-electron chi connectivity index (χ3n) is 5.18. The lowest BCUT2D eigenvalue weighted by atomic mass is 9.99. The molecule has 0 atom stereocenters. The number of nitrogens with one attached hydrogen (secondary N) is 1. The molecular formula is C23H21N3O3. The van der Waals surface area contributed by atoms with Gasteiger partial charge in [0, 0.05) is 30.4 Å². The SMILES string of the molecule is Cc1cccc(NC(=O)c2ccc(N3CCc4ccccc4C3)c([N+](=O)[O-])c2)c1. The number of fused-ring (bicyclic) bond motifs is 1. The normalized spacial score (nSPS) is 12.9. The minimum atomic E-state index is -0.417. The number of nitro groups is 1. The Balaban J connectivity index is 1.60.